The third kappa shape index (κ3) is 2.71. The molecule has 0 aliphatic rings. The maximum atomic E-state index is 13.8. The summed E-state index contributed by atoms with van der Waals surface area (Å²) in [6, 6.07) is 9.60. The van der Waals surface area contributed by atoms with Crippen LogP contribution in [-0.2, 0) is 6.54 Å². The topological polar surface area (TPSA) is 54.9 Å². The van der Waals surface area contributed by atoms with Crippen LogP contribution < -0.4 is 11.2 Å². The Hall–Kier alpha value is -1.92. The van der Waals surface area contributed by atoms with Crippen LogP contribution in [-0.4, -0.2) is 9.55 Å². The predicted octanol–water partition coefficient (Wildman–Crippen LogP) is 3.29. The van der Waals surface area contributed by atoms with Gasteiger partial charge in [-0.3, -0.25) is 9.36 Å². The van der Waals surface area contributed by atoms with Crippen LogP contribution in [0.25, 0.3) is 10.9 Å². The van der Waals surface area contributed by atoms with Crippen molar-refractivity contribution >= 4 is 38.4 Å². The van der Waals surface area contributed by atoms with Crippen LogP contribution in [0, 0.1) is 5.82 Å². The van der Waals surface area contributed by atoms with Gasteiger partial charge in [-0.2, -0.15) is 0 Å². The van der Waals surface area contributed by atoms with Gasteiger partial charge in [0.2, 0.25) is 0 Å². The molecule has 0 amide bonds. The maximum absolute atomic E-state index is 13.8. The van der Waals surface area contributed by atoms with Gasteiger partial charge in [0.1, 0.15) is 5.82 Å². The van der Waals surface area contributed by atoms with Crippen molar-refractivity contribution in [2.24, 2.45) is 0 Å². The van der Waals surface area contributed by atoms with Gasteiger partial charge >= 0.3 is 5.69 Å². The smallest absolute Gasteiger partial charge is 0.304 e. The van der Waals surface area contributed by atoms with Crippen molar-refractivity contribution in [2.45, 2.75) is 6.54 Å². The van der Waals surface area contributed by atoms with E-state index in [4.69, 9.17) is 11.6 Å². The first-order valence-corrected chi connectivity index (χ1v) is 7.49. The minimum atomic E-state index is -0.729. The number of halogens is 3. The van der Waals surface area contributed by atoms with Crippen LogP contribution in [0.4, 0.5) is 4.39 Å². The lowest BCUT2D eigenvalue weighted by Gasteiger charge is -2.07. The van der Waals surface area contributed by atoms with Gasteiger partial charge in [0, 0.05) is 9.50 Å². The van der Waals surface area contributed by atoms with E-state index < -0.39 is 17.1 Å². The lowest BCUT2D eigenvalue weighted by molar-refractivity contribution is 0.631. The minimum Gasteiger partial charge on any atom is -0.304 e. The molecule has 1 heterocycles. The van der Waals surface area contributed by atoms with Gasteiger partial charge in [0.25, 0.3) is 5.56 Å². The van der Waals surface area contributed by atoms with E-state index in [0.717, 1.165) is 20.7 Å². The Labute approximate surface area is 137 Å². The molecule has 0 spiro atoms. The fourth-order valence-electron chi connectivity index (χ4n) is 2.20. The van der Waals surface area contributed by atoms with Crippen LogP contribution in [0.15, 0.2) is 50.5 Å². The average Bonchev–Trinajstić information content (AvgIpc) is 2.47. The number of fused-ring (bicyclic) bond motifs is 1. The number of nitrogens with one attached hydrogen (secondary N) is 1. The van der Waals surface area contributed by atoms with E-state index in [1.807, 2.05) is 12.1 Å². The quantitative estimate of drug-likeness (QED) is 0.738. The summed E-state index contributed by atoms with van der Waals surface area (Å²) >= 11 is 9.10. The summed E-state index contributed by atoms with van der Waals surface area (Å²) in [5.74, 6) is -0.729. The molecular weight excluding hydrogens is 375 g/mol. The summed E-state index contributed by atoms with van der Waals surface area (Å²) in [5, 5.41) is 0.144. The van der Waals surface area contributed by atoms with Gasteiger partial charge < -0.3 is 4.98 Å². The minimum absolute atomic E-state index is 0.0433. The van der Waals surface area contributed by atoms with Crippen LogP contribution in [0.3, 0.4) is 0 Å². The van der Waals surface area contributed by atoms with Crippen LogP contribution in [0.2, 0.25) is 5.02 Å². The zero-order valence-electron chi connectivity index (χ0n) is 11.1. The van der Waals surface area contributed by atoms with E-state index in [0.29, 0.717) is 0 Å². The number of hydrogen-bond donors (Lipinski definition) is 1. The normalized spacial score (nSPS) is 11.0. The number of nitrogens with zero attached hydrogens (tertiary/aromatic N) is 1. The van der Waals surface area contributed by atoms with Gasteiger partial charge in [-0.1, -0.05) is 39.7 Å². The molecule has 0 aliphatic carbocycles. The van der Waals surface area contributed by atoms with Crippen molar-refractivity contribution in [3.8, 4) is 0 Å². The Morgan fingerprint density at radius 2 is 1.86 bits per heavy atom. The summed E-state index contributed by atoms with van der Waals surface area (Å²) in [6.45, 7) is 0.0888. The number of benzene rings is 2. The summed E-state index contributed by atoms with van der Waals surface area (Å²) < 4.78 is 15.7. The molecule has 0 aliphatic heterocycles. The Balaban J connectivity index is 2.20. The van der Waals surface area contributed by atoms with Gasteiger partial charge in [-0.05, 0) is 29.8 Å². The highest BCUT2D eigenvalue weighted by molar-refractivity contribution is 9.10. The molecule has 0 saturated carbocycles. The van der Waals surface area contributed by atoms with Crippen LogP contribution in [0.1, 0.15) is 5.56 Å². The highest BCUT2D eigenvalue weighted by Crippen LogP contribution is 2.18. The number of aromatic nitrogens is 2. The fraction of sp³-hybridized carbons (Fsp3) is 0.0667. The second-order valence-electron chi connectivity index (χ2n) is 4.76. The summed E-state index contributed by atoms with van der Waals surface area (Å²) in [5.41, 5.74) is -0.603. The van der Waals surface area contributed by atoms with E-state index in [1.165, 1.54) is 6.07 Å². The molecule has 0 atom stereocenters. The first-order valence-electron chi connectivity index (χ1n) is 6.32. The molecule has 4 nitrogen and oxygen atoms in total. The molecule has 3 aromatic rings. The highest BCUT2D eigenvalue weighted by atomic mass is 79.9. The predicted molar refractivity (Wildman–Crippen MR) is 87.0 cm³/mol. The van der Waals surface area contributed by atoms with E-state index >= 15 is 0 Å². The Morgan fingerprint density at radius 3 is 2.55 bits per heavy atom. The molecular formula is C15H9BrClFN2O2. The molecule has 3 rings (SSSR count). The molecule has 1 aromatic heterocycles. The molecule has 22 heavy (non-hydrogen) atoms. The first-order chi connectivity index (χ1) is 10.5. The monoisotopic (exact) mass is 382 g/mol. The molecule has 0 bridgehead atoms. The first kappa shape index (κ1) is 15.0. The molecule has 0 fully saturated rings. The van der Waals surface area contributed by atoms with Gasteiger partial charge in [-0.25, -0.2) is 9.18 Å². The Bertz CT molecular complexity index is 980. The number of rotatable bonds is 2. The lowest BCUT2D eigenvalue weighted by Crippen LogP contribution is -2.35. The van der Waals surface area contributed by atoms with E-state index in [2.05, 4.69) is 20.9 Å². The maximum Gasteiger partial charge on any atom is 0.329 e. The standard InChI is InChI=1S/C15H9BrClFN2O2/c16-9-3-1-8(2-4-9)7-20-14(21)11-5-10(17)6-12(18)13(11)19-15(20)22/h1-6H,7H2,(H,19,22). The van der Waals surface area contributed by atoms with Crippen molar-refractivity contribution in [1.29, 1.82) is 0 Å². The van der Waals surface area contributed by atoms with Crippen molar-refractivity contribution in [1.82, 2.24) is 9.55 Å². The zero-order chi connectivity index (χ0) is 15.9. The molecule has 0 radical (unpaired) electrons. The molecule has 0 unspecified atom stereocenters. The zero-order valence-corrected chi connectivity index (χ0v) is 13.4. The summed E-state index contributed by atoms with van der Waals surface area (Å²) in [4.78, 5) is 26.9. The Kier molecular flexibility index (Phi) is 3.88. The van der Waals surface area contributed by atoms with Gasteiger partial charge in [0.15, 0.2) is 0 Å². The van der Waals surface area contributed by atoms with Crippen molar-refractivity contribution in [2.75, 3.05) is 0 Å². The average molecular weight is 384 g/mol. The molecule has 0 saturated heterocycles. The molecule has 112 valence electrons. The molecule has 1 N–H and O–H groups in total. The fourth-order valence-corrected chi connectivity index (χ4v) is 2.67. The van der Waals surface area contributed by atoms with Gasteiger partial charge in [-0.15, -0.1) is 0 Å². The second kappa shape index (κ2) is 5.70. The largest absolute Gasteiger partial charge is 0.329 e. The third-order valence-corrected chi connectivity index (χ3v) is 4.01. The lowest BCUT2D eigenvalue weighted by atomic mass is 10.2. The van der Waals surface area contributed by atoms with Crippen molar-refractivity contribution in [3.05, 3.63) is 78.1 Å². The second-order valence-corrected chi connectivity index (χ2v) is 6.11. The van der Waals surface area contributed by atoms with Gasteiger partial charge in [0.05, 0.1) is 17.4 Å². The molecule has 7 heteroatoms. The van der Waals surface area contributed by atoms with E-state index in [1.54, 1.807) is 12.1 Å². The number of H-pyrrole nitrogens is 1. The summed E-state index contributed by atoms with van der Waals surface area (Å²) in [7, 11) is 0. The van der Waals surface area contributed by atoms with Crippen LogP contribution in [0.5, 0.6) is 0 Å². The molecule has 2 aromatic carbocycles. The van der Waals surface area contributed by atoms with Crippen molar-refractivity contribution < 1.29 is 4.39 Å². The third-order valence-electron chi connectivity index (χ3n) is 3.26. The Morgan fingerprint density at radius 1 is 1.18 bits per heavy atom. The van der Waals surface area contributed by atoms with E-state index in [9.17, 15) is 14.0 Å². The number of hydrogen-bond acceptors (Lipinski definition) is 2. The number of aromatic amines is 1. The van der Waals surface area contributed by atoms with Crippen LogP contribution >= 0.6 is 27.5 Å². The van der Waals surface area contributed by atoms with Crippen molar-refractivity contribution in [3.63, 3.8) is 0 Å². The summed E-state index contributed by atoms with van der Waals surface area (Å²) in [6.07, 6.45) is 0. The SMILES string of the molecule is O=c1[nH]c2c(F)cc(Cl)cc2c(=O)n1Cc1ccc(Br)cc1. The van der Waals surface area contributed by atoms with E-state index in [-0.39, 0.29) is 22.5 Å². The highest BCUT2D eigenvalue weighted by Gasteiger charge is 2.12.